The van der Waals surface area contributed by atoms with E-state index in [4.69, 9.17) is 10.5 Å². The fourth-order valence-corrected chi connectivity index (χ4v) is 2.32. The predicted octanol–water partition coefficient (Wildman–Crippen LogP) is 1.75. The Balaban J connectivity index is 2.43. The van der Waals surface area contributed by atoms with Crippen LogP contribution in [0.4, 0.5) is 0 Å². The molecule has 17 heavy (non-hydrogen) atoms. The third kappa shape index (κ3) is 2.03. The molecule has 5 nitrogen and oxygen atoms in total. The van der Waals surface area contributed by atoms with Crippen molar-refractivity contribution in [1.82, 2.24) is 14.5 Å². The van der Waals surface area contributed by atoms with Gasteiger partial charge in [-0.05, 0) is 13.8 Å². The minimum absolute atomic E-state index is 0.179. The number of nitrogens with zero attached hydrogens (tertiary/aromatic N) is 5. The maximum atomic E-state index is 9.05. The number of rotatable bonds is 2. The Hall–Kier alpha value is -2.18. The van der Waals surface area contributed by atoms with Crippen LogP contribution in [0.25, 0.3) is 0 Å². The molecule has 0 spiro atoms. The summed E-state index contributed by atoms with van der Waals surface area (Å²) in [5, 5.41) is 20.8. The number of aryl methyl sites for hydroxylation is 2. The van der Waals surface area contributed by atoms with Crippen LogP contribution in [0, 0.1) is 36.5 Å². The standard InChI is InChI=1S/C11H9N5S/c1-7-6-17-11(14-7)5-16-8(2)15-9(3-12)10(16)4-13/h6H,5H2,1-2H3. The molecule has 0 N–H and O–H groups in total. The quantitative estimate of drug-likeness (QED) is 0.804. The summed E-state index contributed by atoms with van der Waals surface area (Å²) in [6, 6.07) is 3.95. The summed E-state index contributed by atoms with van der Waals surface area (Å²) < 4.78 is 1.72. The Morgan fingerprint density at radius 1 is 1.29 bits per heavy atom. The van der Waals surface area contributed by atoms with Gasteiger partial charge in [0.2, 0.25) is 0 Å². The van der Waals surface area contributed by atoms with Crippen LogP contribution in [0.5, 0.6) is 0 Å². The maximum absolute atomic E-state index is 9.05. The normalized spacial score (nSPS) is 9.88. The average molecular weight is 243 g/mol. The van der Waals surface area contributed by atoms with Crippen LogP contribution in [0.15, 0.2) is 5.38 Å². The van der Waals surface area contributed by atoms with Crippen molar-refractivity contribution in [2.45, 2.75) is 20.4 Å². The third-order valence-electron chi connectivity index (χ3n) is 2.33. The van der Waals surface area contributed by atoms with E-state index in [2.05, 4.69) is 9.97 Å². The van der Waals surface area contributed by atoms with E-state index in [9.17, 15) is 0 Å². The van der Waals surface area contributed by atoms with Crippen LogP contribution in [-0.2, 0) is 6.54 Å². The second kappa shape index (κ2) is 4.36. The smallest absolute Gasteiger partial charge is 0.177 e. The molecule has 0 bridgehead atoms. The molecule has 0 aromatic carbocycles. The van der Waals surface area contributed by atoms with Gasteiger partial charge in [0, 0.05) is 11.1 Å². The summed E-state index contributed by atoms with van der Waals surface area (Å²) in [7, 11) is 0. The van der Waals surface area contributed by atoms with Crippen LogP contribution in [0.2, 0.25) is 0 Å². The highest BCUT2D eigenvalue weighted by molar-refractivity contribution is 7.09. The SMILES string of the molecule is Cc1csc(Cn2c(C)nc(C#N)c2C#N)n1. The topological polar surface area (TPSA) is 78.3 Å². The summed E-state index contributed by atoms with van der Waals surface area (Å²) in [6.07, 6.45) is 0. The molecule has 0 atom stereocenters. The first-order valence-corrected chi connectivity index (χ1v) is 5.82. The van der Waals surface area contributed by atoms with E-state index >= 15 is 0 Å². The number of imidazole rings is 1. The molecule has 0 aliphatic heterocycles. The molecule has 2 aromatic rings. The second-order valence-corrected chi connectivity index (χ2v) is 4.49. The van der Waals surface area contributed by atoms with Crippen LogP contribution >= 0.6 is 11.3 Å². The highest BCUT2D eigenvalue weighted by Crippen LogP contribution is 2.15. The summed E-state index contributed by atoms with van der Waals surface area (Å²) in [6.45, 7) is 4.19. The largest absolute Gasteiger partial charge is 0.312 e. The zero-order valence-corrected chi connectivity index (χ0v) is 10.2. The van der Waals surface area contributed by atoms with Crippen LogP contribution in [-0.4, -0.2) is 14.5 Å². The monoisotopic (exact) mass is 243 g/mol. The van der Waals surface area contributed by atoms with Gasteiger partial charge in [0.25, 0.3) is 0 Å². The summed E-state index contributed by atoms with van der Waals surface area (Å²) in [5.74, 6) is 0.658. The van der Waals surface area contributed by atoms with E-state index < -0.39 is 0 Å². The van der Waals surface area contributed by atoms with Crippen LogP contribution in [0.3, 0.4) is 0 Å². The third-order valence-corrected chi connectivity index (χ3v) is 3.28. The molecule has 0 unspecified atom stereocenters. The molecule has 0 fully saturated rings. The van der Waals surface area contributed by atoms with Crippen molar-refractivity contribution < 1.29 is 0 Å². The highest BCUT2D eigenvalue weighted by atomic mass is 32.1. The number of thiazole rings is 1. The van der Waals surface area contributed by atoms with E-state index in [0.717, 1.165) is 10.7 Å². The van der Waals surface area contributed by atoms with Crippen molar-refractivity contribution in [3.05, 3.63) is 33.3 Å². The lowest BCUT2D eigenvalue weighted by atomic mass is 10.3. The molecule has 6 heteroatoms. The van der Waals surface area contributed by atoms with Crippen LogP contribution < -0.4 is 0 Å². The lowest BCUT2D eigenvalue weighted by Crippen LogP contribution is -2.04. The van der Waals surface area contributed by atoms with Gasteiger partial charge >= 0.3 is 0 Å². The van der Waals surface area contributed by atoms with Gasteiger partial charge in [-0.1, -0.05) is 0 Å². The minimum Gasteiger partial charge on any atom is -0.312 e. The molecule has 2 heterocycles. The first-order valence-electron chi connectivity index (χ1n) is 4.94. The van der Waals surface area contributed by atoms with E-state index in [1.807, 2.05) is 24.4 Å². The predicted molar refractivity (Wildman–Crippen MR) is 62.3 cm³/mol. The summed E-state index contributed by atoms with van der Waals surface area (Å²) in [5.41, 5.74) is 1.44. The van der Waals surface area contributed by atoms with E-state index in [1.54, 1.807) is 11.5 Å². The Morgan fingerprint density at radius 2 is 2.06 bits per heavy atom. The Kier molecular flexibility index (Phi) is 2.90. The number of nitriles is 2. The van der Waals surface area contributed by atoms with Crippen molar-refractivity contribution in [2.75, 3.05) is 0 Å². The van der Waals surface area contributed by atoms with Crippen molar-refractivity contribution in [3.63, 3.8) is 0 Å². The molecule has 0 saturated carbocycles. The zero-order valence-electron chi connectivity index (χ0n) is 9.43. The first-order chi connectivity index (χ1) is 8.15. The van der Waals surface area contributed by atoms with E-state index in [1.165, 1.54) is 11.3 Å². The van der Waals surface area contributed by atoms with Gasteiger partial charge < -0.3 is 4.57 Å². The fourth-order valence-electron chi connectivity index (χ4n) is 1.56. The molecule has 0 aliphatic rings. The van der Waals surface area contributed by atoms with Gasteiger partial charge in [0.15, 0.2) is 11.4 Å². The molecule has 0 amide bonds. The van der Waals surface area contributed by atoms with E-state index in [0.29, 0.717) is 18.1 Å². The maximum Gasteiger partial charge on any atom is 0.177 e. The van der Waals surface area contributed by atoms with Gasteiger partial charge in [-0.3, -0.25) is 0 Å². The molecular weight excluding hydrogens is 234 g/mol. The second-order valence-electron chi connectivity index (χ2n) is 3.55. The molecule has 2 aromatic heterocycles. The Labute approximate surface area is 103 Å². The van der Waals surface area contributed by atoms with Gasteiger partial charge in [-0.25, -0.2) is 9.97 Å². The lowest BCUT2D eigenvalue weighted by molar-refractivity contribution is 0.745. The van der Waals surface area contributed by atoms with Gasteiger partial charge in [0.05, 0.1) is 6.54 Å². The number of hydrogen-bond acceptors (Lipinski definition) is 5. The minimum atomic E-state index is 0.179. The number of aromatic nitrogens is 3. The first kappa shape index (κ1) is 11.3. The van der Waals surface area contributed by atoms with Gasteiger partial charge in [-0.15, -0.1) is 11.3 Å². The molecule has 0 radical (unpaired) electrons. The van der Waals surface area contributed by atoms with Crippen LogP contribution in [0.1, 0.15) is 27.9 Å². The Morgan fingerprint density at radius 3 is 2.59 bits per heavy atom. The average Bonchev–Trinajstić information content (AvgIpc) is 2.84. The van der Waals surface area contributed by atoms with Gasteiger partial charge in [-0.2, -0.15) is 10.5 Å². The lowest BCUT2D eigenvalue weighted by Gasteiger charge is -2.02. The molecule has 0 aliphatic carbocycles. The molecule has 84 valence electrons. The summed E-state index contributed by atoms with van der Waals surface area (Å²) >= 11 is 1.54. The summed E-state index contributed by atoms with van der Waals surface area (Å²) in [4.78, 5) is 8.39. The van der Waals surface area contributed by atoms with E-state index in [-0.39, 0.29) is 5.69 Å². The van der Waals surface area contributed by atoms with Crippen molar-refractivity contribution >= 4 is 11.3 Å². The fraction of sp³-hybridized carbons (Fsp3) is 0.273. The Bertz CT molecular complexity index is 638. The van der Waals surface area contributed by atoms with Crippen molar-refractivity contribution in [2.24, 2.45) is 0 Å². The molecular formula is C11H9N5S. The van der Waals surface area contributed by atoms with Crippen molar-refractivity contribution in [3.8, 4) is 12.1 Å². The van der Waals surface area contributed by atoms with Crippen molar-refractivity contribution in [1.29, 1.82) is 10.5 Å². The van der Waals surface area contributed by atoms with Gasteiger partial charge in [0.1, 0.15) is 23.0 Å². The highest BCUT2D eigenvalue weighted by Gasteiger charge is 2.15. The molecule has 0 saturated heterocycles. The number of hydrogen-bond donors (Lipinski definition) is 0. The zero-order chi connectivity index (χ0) is 12.4. The molecule has 2 rings (SSSR count).